The Morgan fingerprint density at radius 1 is 1.11 bits per heavy atom. The summed E-state index contributed by atoms with van der Waals surface area (Å²) in [6.07, 6.45) is 6.96. The normalized spacial score (nSPS) is 10.7. The van der Waals surface area contributed by atoms with Crippen LogP contribution in [0, 0.1) is 0 Å². The third-order valence-electron chi connectivity index (χ3n) is 3.85. The van der Waals surface area contributed by atoms with Gasteiger partial charge < -0.3 is 5.32 Å². The number of aromatic nitrogens is 4. The summed E-state index contributed by atoms with van der Waals surface area (Å²) in [6, 6.07) is 9.40. The van der Waals surface area contributed by atoms with E-state index < -0.39 is 0 Å². The van der Waals surface area contributed by atoms with E-state index in [9.17, 15) is 4.79 Å². The van der Waals surface area contributed by atoms with E-state index in [0.29, 0.717) is 17.5 Å². The monoisotopic (exact) mass is 376 g/mol. The first-order valence-corrected chi connectivity index (χ1v) is 9.23. The van der Waals surface area contributed by atoms with Crippen molar-refractivity contribution in [2.45, 2.75) is 6.92 Å². The Balaban J connectivity index is 1.86. The molecule has 2 N–H and O–H groups in total. The molecule has 27 heavy (non-hydrogen) atoms. The molecule has 0 spiro atoms. The van der Waals surface area contributed by atoms with Gasteiger partial charge in [-0.3, -0.25) is 10.3 Å². The van der Waals surface area contributed by atoms with Gasteiger partial charge in [0.2, 0.25) is 0 Å². The smallest absolute Gasteiger partial charge is 0.321 e. The first-order valence-electron chi connectivity index (χ1n) is 8.42. The number of nitrogens with one attached hydrogen (secondary N) is 2. The minimum Gasteiger partial charge on any atom is -0.338 e. The molecule has 0 aliphatic rings. The molecule has 2 amide bonds. The van der Waals surface area contributed by atoms with E-state index in [2.05, 4.69) is 30.6 Å². The third-order valence-corrected chi connectivity index (χ3v) is 4.87. The fourth-order valence-corrected chi connectivity index (χ4v) is 3.64. The number of urea groups is 1. The predicted octanol–water partition coefficient (Wildman–Crippen LogP) is 3.96. The first-order chi connectivity index (χ1) is 13.2. The number of amides is 2. The summed E-state index contributed by atoms with van der Waals surface area (Å²) < 4.78 is 0.917. The van der Waals surface area contributed by atoms with E-state index >= 15 is 0 Å². The molecule has 3 heterocycles. The molecule has 0 fully saturated rings. The number of benzene rings is 1. The fraction of sp³-hybridized carbons (Fsp3) is 0.105. The van der Waals surface area contributed by atoms with Crippen LogP contribution in [0.3, 0.4) is 0 Å². The molecule has 0 unspecified atom stereocenters. The maximum absolute atomic E-state index is 11.8. The molecule has 4 rings (SSSR count). The lowest BCUT2D eigenvalue weighted by Crippen LogP contribution is -2.28. The van der Waals surface area contributed by atoms with E-state index in [1.807, 2.05) is 31.2 Å². The number of anilines is 1. The molecule has 0 aliphatic heterocycles. The van der Waals surface area contributed by atoms with E-state index in [4.69, 9.17) is 0 Å². The van der Waals surface area contributed by atoms with Crippen LogP contribution in [0.25, 0.3) is 32.7 Å². The first kappa shape index (κ1) is 17.0. The van der Waals surface area contributed by atoms with Gasteiger partial charge in [0.05, 0.1) is 10.2 Å². The zero-order valence-electron chi connectivity index (χ0n) is 14.5. The van der Waals surface area contributed by atoms with Crippen LogP contribution in [0.4, 0.5) is 9.93 Å². The van der Waals surface area contributed by atoms with Crippen LogP contribution in [0.1, 0.15) is 6.92 Å². The fourth-order valence-electron chi connectivity index (χ4n) is 2.69. The average Bonchev–Trinajstić information content (AvgIpc) is 3.11. The quantitative estimate of drug-likeness (QED) is 0.562. The van der Waals surface area contributed by atoms with Crippen molar-refractivity contribution in [2.75, 3.05) is 11.9 Å². The van der Waals surface area contributed by atoms with Crippen LogP contribution in [0.5, 0.6) is 0 Å². The van der Waals surface area contributed by atoms with Crippen molar-refractivity contribution in [3.63, 3.8) is 0 Å². The van der Waals surface area contributed by atoms with Gasteiger partial charge in [-0.2, -0.15) is 0 Å². The summed E-state index contributed by atoms with van der Waals surface area (Å²) in [5, 5.41) is 6.00. The Kier molecular flexibility index (Phi) is 4.71. The highest BCUT2D eigenvalue weighted by atomic mass is 32.1. The number of rotatable bonds is 4. The van der Waals surface area contributed by atoms with Crippen LogP contribution >= 0.6 is 11.3 Å². The Hall–Kier alpha value is -3.39. The number of fused-ring (bicyclic) bond motifs is 1. The molecule has 8 heteroatoms. The summed E-state index contributed by atoms with van der Waals surface area (Å²) in [6.45, 7) is 2.41. The number of nitrogens with zero attached hydrogens (tertiary/aromatic N) is 4. The van der Waals surface area contributed by atoms with Gasteiger partial charge in [0.25, 0.3) is 0 Å². The molecule has 134 valence electrons. The number of thiazole rings is 1. The van der Waals surface area contributed by atoms with Gasteiger partial charge in [-0.15, -0.1) is 0 Å². The molecular formula is C19H16N6OS. The van der Waals surface area contributed by atoms with Crippen molar-refractivity contribution in [1.82, 2.24) is 25.3 Å². The summed E-state index contributed by atoms with van der Waals surface area (Å²) in [5.74, 6) is 0.612. The summed E-state index contributed by atoms with van der Waals surface area (Å²) in [5.41, 5.74) is 3.58. The standard InChI is InChI=1S/C19H16N6OS/c1-2-21-18(26)25-19-24-15-10-13(12-5-3-6-20-11-12)9-14(16(15)27-19)17-22-7-4-8-23-17/h3-11H,2H2,1H3,(H2,21,24,25,26). The second kappa shape index (κ2) is 7.46. The molecule has 0 aliphatic carbocycles. The number of carbonyl (C=O) groups is 1. The minimum atomic E-state index is -0.276. The van der Waals surface area contributed by atoms with Crippen molar-refractivity contribution < 1.29 is 4.79 Å². The zero-order valence-corrected chi connectivity index (χ0v) is 15.3. The zero-order chi connectivity index (χ0) is 18.6. The van der Waals surface area contributed by atoms with Gasteiger partial charge in [0, 0.05) is 42.5 Å². The van der Waals surface area contributed by atoms with Gasteiger partial charge in [0.15, 0.2) is 11.0 Å². The molecule has 0 saturated carbocycles. The largest absolute Gasteiger partial charge is 0.338 e. The van der Waals surface area contributed by atoms with E-state index in [1.165, 1.54) is 11.3 Å². The Labute approximate surface area is 159 Å². The molecule has 0 saturated heterocycles. The Bertz CT molecular complexity index is 1080. The van der Waals surface area contributed by atoms with Crippen LogP contribution in [0.2, 0.25) is 0 Å². The van der Waals surface area contributed by atoms with Gasteiger partial charge in [-0.25, -0.2) is 19.7 Å². The maximum Gasteiger partial charge on any atom is 0.321 e. The second-order valence-corrected chi connectivity index (χ2v) is 6.69. The Morgan fingerprint density at radius 2 is 1.96 bits per heavy atom. The average molecular weight is 376 g/mol. The maximum atomic E-state index is 11.8. The highest BCUT2D eigenvalue weighted by molar-refractivity contribution is 7.22. The summed E-state index contributed by atoms with van der Waals surface area (Å²) >= 11 is 1.40. The molecule has 0 atom stereocenters. The van der Waals surface area contributed by atoms with Crippen molar-refractivity contribution in [3.8, 4) is 22.5 Å². The van der Waals surface area contributed by atoms with E-state index in [1.54, 1.807) is 30.9 Å². The molecule has 0 radical (unpaired) electrons. The lowest BCUT2D eigenvalue weighted by atomic mass is 10.0. The van der Waals surface area contributed by atoms with Crippen molar-refractivity contribution in [1.29, 1.82) is 0 Å². The van der Waals surface area contributed by atoms with Crippen molar-refractivity contribution in [3.05, 3.63) is 55.1 Å². The van der Waals surface area contributed by atoms with Gasteiger partial charge in [-0.1, -0.05) is 17.4 Å². The predicted molar refractivity (Wildman–Crippen MR) is 107 cm³/mol. The molecule has 7 nitrogen and oxygen atoms in total. The number of hydrogen-bond acceptors (Lipinski definition) is 6. The van der Waals surface area contributed by atoms with Crippen LogP contribution in [-0.4, -0.2) is 32.5 Å². The lowest BCUT2D eigenvalue weighted by molar-refractivity contribution is 0.252. The second-order valence-electron chi connectivity index (χ2n) is 5.69. The van der Waals surface area contributed by atoms with Crippen LogP contribution in [-0.2, 0) is 0 Å². The SMILES string of the molecule is CCNC(=O)Nc1nc2cc(-c3cccnc3)cc(-c3ncccn3)c2s1. The van der Waals surface area contributed by atoms with Gasteiger partial charge >= 0.3 is 6.03 Å². The molecule has 0 bridgehead atoms. The number of carbonyl (C=O) groups excluding carboxylic acids is 1. The highest BCUT2D eigenvalue weighted by Gasteiger charge is 2.15. The highest BCUT2D eigenvalue weighted by Crippen LogP contribution is 2.37. The van der Waals surface area contributed by atoms with Crippen LogP contribution in [0.15, 0.2) is 55.1 Å². The third kappa shape index (κ3) is 3.61. The van der Waals surface area contributed by atoms with Crippen molar-refractivity contribution in [2.24, 2.45) is 0 Å². The molecule has 1 aromatic carbocycles. The number of pyridine rings is 1. The minimum absolute atomic E-state index is 0.276. The van der Waals surface area contributed by atoms with Gasteiger partial charge in [-0.05, 0) is 36.8 Å². The lowest BCUT2D eigenvalue weighted by Gasteiger charge is -2.06. The topological polar surface area (TPSA) is 92.7 Å². The van der Waals surface area contributed by atoms with Crippen LogP contribution < -0.4 is 10.6 Å². The summed E-state index contributed by atoms with van der Waals surface area (Å²) in [4.78, 5) is 29.4. The van der Waals surface area contributed by atoms with Crippen molar-refractivity contribution >= 4 is 32.7 Å². The number of hydrogen-bond donors (Lipinski definition) is 2. The van der Waals surface area contributed by atoms with E-state index in [-0.39, 0.29) is 6.03 Å². The molecule has 4 aromatic rings. The summed E-state index contributed by atoms with van der Waals surface area (Å²) in [7, 11) is 0. The molecule has 3 aromatic heterocycles. The Morgan fingerprint density at radius 3 is 2.70 bits per heavy atom. The molecular weight excluding hydrogens is 360 g/mol. The van der Waals surface area contributed by atoms with E-state index in [0.717, 1.165) is 26.9 Å². The van der Waals surface area contributed by atoms with Gasteiger partial charge in [0.1, 0.15) is 0 Å².